The second kappa shape index (κ2) is 7.25. The molecule has 0 saturated heterocycles. The molecule has 1 aliphatic carbocycles. The lowest BCUT2D eigenvalue weighted by Crippen LogP contribution is -2.76. The highest BCUT2D eigenvalue weighted by Gasteiger charge is 2.62. The van der Waals surface area contributed by atoms with E-state index in [1.54, 1.807) is 6.92 Å². The maximum absolute atomic E-state index is 13.5. The fourth-order valence-electron chi connectivity index (χ4n) is 3.02. The summed E-state index contributed by atoms with van der Waals surface area (Å²) in [4.78, 5) is 12.6. The normalized spacial score (nSPS) is 25.8. The maximum Gasteiger partial charge on any atom is 0.241 e. The number of benzene rings is 1. The Balaban J connectivity index is 1.90. The van der Waals surface area contributed by atoms with E-state index in [1.165, 1.54) is 6.07 Å². The van der Waals surface area contributed by atoms with E-state index < -0.39 is 22.6 Å². The molecule has 1 aromatic rings. The molecule has 0 aliphatic heterocycles. The van der Waals surface area contributed by atoms with Crippen LogP contribution in [0.1, 0.15) is 34.1 Å². The number of nitrogens with one attached hydrogen (secondary N) is 1. The fraction of sp³-hybridized carbons (Fsp3) is 0.611. The molecule has 1 fully saturated rings. The highest BCUT2D eigenvalue weighted by atomic mass is 19.1. The zero-order valence-corrected chi connectivity index (χ0v) is 15.1. The molecule has 3 N–H and O–H groups in total. The van der Waals surface area contributed by atoms with E-state index >= 15 is 0 Å². The molecule has 1 saturated carbocycles. The van der Waals surface area contributed by atoms with E-state index in [0.717, 1.165) is 12.1 Å². The fourth-order valence-corrected chi connectivity index (χ4v) is 3.02. The number of amides is 1. The van der Waals surface area contributed by atoms with Crippen LogP contribution in [0, 0.1) is 17.0 Å². The molecular weight excluding hydrogens is 330 g/mol. The monoisotopic (exact) mass is 356 g/mol. The molecule has 0 aromatic heterocycles. The Morgan fingerprint density at radius 3 is 2.68 bits per heavy atom. The molecule has 3 atom stereocenters. The lowest BCUT2D eigenvalue weighted by molar-refractivity contribution is -0.171. The topological polar surface area (TPSA) is 73.6 Å². The molecule has 0 spiro atoms. The Hall–Kier alpha value is -1.73. The van der Waals surface area contributed by atoms with Crippen molar-refractivity contribution < 1.29 is 23.0 Å². The van der Waals surface area contributed by atoms with Crippen LogP contribution >= 0.6 is 0 Å². The van der Waals surface area contributed by atoms with E-state index in [1.807, 2.05) is 20.8 Å². The first kappa shape index (κ1) is 19.6. The molecular formula is C18H26F2N2O3. The first-order chi connectivity index (χ1) is 11.6. The first-order valence-electron chi connectivity index (χ1n) is 8.41. The average molecular weight is 356 g/mol. The predicted octanol–water partition coefficient (Wildman–Crippen LogP) is 2.38. The maximum atomic E-state index is 13.5. The summed E-state index contributed by atoms with van der Waals surface area (Å²) < 4.78 is 37.3. The van der Waals surface area contributed by atoms with Gasteiger partial charge in [0.2, 0.25) is 5.91 Å². The summed E-state index contributed by atoms with van der Waals surface area (Å²) in [7, 11) is 0. The van der Waals surface area contributed by atoms with Gasteiger partial charge in [-0.05, 0) is 26.0 Å². The number of nitrogens with two attached hydrogens (primary N) is 1. The van der Waals surface area contributed by atoms with Crippen LogP contribution < -0.4 is 15.8 Å². The third kappa shape index (κ3) is 3.77. The van der Waals surface area contributed by atoms with E-state index in [2.05, 4.69) is 5.32 Å². The molecule has 3 unspecified atom stereocenters. The molecule has 1 aliphatic rings. The van der Waals surface area contributed by atoms with Gasteiger partial charge < -0.3 is 20.5 Å². The van der Waals surface area contributed by atoms with Crippen molar-refractivity contribution in [1.82, 2.24) is 5.32 Å². The van der Waals surface area contributed by atoms with E-state index in [9.17, 15) is 13.6 Å². The summed E-state index contributed by atoms with van der Waals surface area (Å²) in [6, 6.07) is 2.68. The Morgan fingerprint density at radius 1 is 1.44 bits per heavy atom. The van der Waals surface area contributed by atoms with Crippen molar-refractivity contribution in [1.29, 1.82) is 0 Å². The van der Waals surface area contributed by atoms with Gasteiger partial charge in [-0.2, -0.15) is 0 Å². The summed E-state index contributed by atoms with van der Waals surface area (Å²) in [5.74, 6) is -1.81. The van der Waals surface area contributed by atoms with Crippen LogP contribution in [0.25, 0.3) is 0 Å². The summed E-state index contributed by atoms with van der Waals surface area (Å²) in [5.41, 5.74) is 4.79. The minimum absolute atomic E-state index is 0.0414. The molecule has 0 heterocycles. The average Bonchev–Trinajstić information content (AvgIpc) is 2.53. The number of hydrogen-bond donors (Lipinski definition) is 2. The molecule has 1 amide bonds. The Labute approximate surface area is 146 Å². The van der Waals surface area contributed by atoms with Gasteiger partial charge in [0.1, 0.15) is 18.0 Å². The Bertz CT molecular complexity index is 639. The molecule has 1 aromatic carbocycles. The quantitative estimate of drug-likeness (QED) is 0.787. The van der Waals surface area contributed by atoms with Gasteiger partial charge in [-0.25, -0.2) is 8.78 Å². The predicted molar refractivity (Wildman–Crippen MR) is 90.2 cm³/mol. The summed E-state index contributed by atoms with van der Waals surface area (Å²) in [5, 5.41) is 2.80. The van der Waals surface area contributed by atoms with Crippen molar-refractivity contribution in [2.75, 3.05) is 13.2 Å². The van der Waals surface area contributed by atoms with E-state index in [-0.39, 0.29) is 30.4 Å². The first-order valence-corrected chi connectivity index (χ1v) is 8.41. The van der Waals surface area contributed by atoms with Gasteiger partial charge in [0.15, 0.2) is 11.6 Å². The van der Waals surface area contributed by atoms with Crippen molar-refractivity contribution in [3.8, 4) is 5.75 Å². The molecule has 7 heteroatoms. The van der Waals surface area contributed by atoms with Gasteiger partial charge >= 0.3 is 0 Å². The molecule has 2 rings (SSSR count). The van der Waals surface area contributed by atoms with Crippen molar-refractivity contribution in [3.63, 3.8) is 0 Å². The largest absolute Gasteiger partial charge is 0.488 e. The zero-order valence-electron chi connectivity index (χ0n) is 15.1. The number of hydrogen-bond acceptors (Lipinski definition) is 4. The van der Waals surface area contributed by atoms with Crippen LogP contribution in [-0.4, -0.2) is 36.8 Å². The van der Waals surface area contributed by atoms with E-state index in [4.69, 9.17) is 15.2 Å². The molecule has 25 heavy (non-hydrogen) atoms. The molecule has 0 bridgehead atoms. The second-order valence-corrected chi connectivity index (χ2v) is 7.10. The number of ether oxygens (including phenoxy) is 2. The van der Waals surface area contributed by atoms with Gasteiger partial charge in [0, 0.05) is 24.5 Å². The number of carbonyl (C=O) groups is 1. The minimum atomic E-state index is -1.03. The second-order valence-electron chi connectivity index (χ2n) is 7.10. The van der Waals surface area contributed by atoms with Crippen molar-refractivity contribution >= 4 is 5.91 Å². The SMILES string of the molecule is CCOC1CC(N)(C(=O)NC(C)COc2ccc(F)cc2F)C1(C)C. The Morgan fingerprint density at radius 2 is 2.12 bits per heavy atom. The van der Waals surface area contributed by atoms with Crippen LogP contribution in [0.3, 0.4) is 0 Å². The summed E-state index contributed by atoms with van der Waals surface area (Å²) in [6.07, 6.45) is 0.382. The van der Waals surface area contributed by atoms with Crippen molar-refractivity contribution in [3.05, 3.63) is 29.8 Å². The van der Waals surface area contributed by atoms with Gasteiger partial charge in [-0.1, -0.05) is 13.8 Å². The van der Waals surface area contributed by atoms with Crippen LogP contribution in [0.2, 0.25) is 0 Å². The van der Waals surface area contributed by atoms with Gasteiger partial charge in [-0.15, -0.1) is 0 Å². The highest BCUT2D eigenvalue weighted by Crippen LogP contribution is 2.49. The van der Waals surface area contributed by atoms with Gasteiger partial charge in [0.25, 0.3) is 0 Å². The third-order valence-corrected chi connectivity index (χ3v) is 5.00. The van der Waals surface area contributed by atoms with Crippen LogP contribution in [0.4, 0.5) is 8.78 Å². The number of carbonyl (C=O) groups excluding carboxylic acids is 1. The lowest BCUT2D eigenvalue weighted by Gasteiger charge is -2.57. The smallest absolute Gasteiger partial charge is 0.241 e. The lowest BCUT2D eigenvalue weighted by atomic mass is 9.54. The standard InChI is InChI=1S/C18H26F2N2O3/c1-5-24-15-9-18(21,17(15,3)4)16(23)22-11(2)10-25-14-7-6-12(19)8-13(14)20/h6-8,11,15H,5,9-10,21H2,1-4H3,(H,22,23). The van der Waals surface area contributed by atoms with Crippen LogP contribution in [0.15, 0.2) is 18.2 Å². The summed E-state index contributed by atoms with van der Waals surface area (Å²) >= 11 is 0. The van der Waals surface area contributed by atoms with E-state index in [0.29, 0.717) is 13.0 Å². The van der Waals surface area contributed by atoms with Crippen LogP contribution in [-0.2, 0) is 9.53 Å². The zero-order chi connectivity index (χ0) is 18.8. The Kier molecular flexibility index (Phi) is 5.68. The van der Waals surface area contributed by atoms with Crippen molar-refractivity contribution in [2.24, 2.45) is 11.1 Å². The number of rotatable bonds is 7. The minimum Gasteiger partial charge on any atom is -0.488 e. The van der Waals surface area contributed by atoms with Crippen molar-refractivity contribution in [2.45, 2.75) is 51.8 Å². The molecule has 5 nitrogen and oxygen atoms in total. The van der Waals surface area contributed by atoms with Gasteiger partial charge in [0.05, 0.1) is 12.1 Å². The third-order valence-electron chi connectivity index (χ3n) is 5.00. The summed E-state index contributed by atoms with van der Waals surface area (Å²) in [6.45, 7) is 8.06. The van der Waals surface area contributed by atoms with Gasteiger partial charge in [-0.3, -0.25) is 4.79 Å². The van der Waals surface area contributed by atoms with Crippen LogP contribution in [0.5, 0.6) is 5.75 Å². The molecule has 140 valence electrons. The molecule has 0 radical (unpaired) electrons. The number of halogens is 2. The highest BCUT2D eigenvalue weighted by molar-refractivity contribution is 5.89.